The van der Waals surface area contributed by atoms with Gasteiger partial charge in [0.25, 0.3) is 11.8 Å². The van der Waals surface area contributed by atoms with E-state index in [1.165, 1.54) is 25.7 Å². The van der Waals surface area contributed by atoms with Crippen LogP contribution in [0.15, 0.2) is 18.2 Å². The molecule has 3 rings (SSSR count). The first-order chi connectivity index (χ1) is 14.2. The molecule has 29 heavy (non-hydrogen) atoms. The number of nitrogens with zero attached hydrogens (tertiary/aromatic N) is 1. The number of rotatable bonds is 7. The Kier molecular flexibility index (Phi) is 8.16. The number of carbonyl (C=O) groups excluding carboxylic acids is 2. The molecule has 1 aromatic rings. The average Bonchev–Trinajstić information content (AvgIpc) is 3.02. The van der Waals surface area contributed by atoms with Gasteiger partial charge >= 0.3 is 0 Å². The van der Waals surface area contributed by atoms with Crippen molar-refractivity contribution in [3.05, 3.63) is 23.8 Å². The Labute approximate surface area is 172 Å². The molecule has 2 amide bonds. The van der Waals surface area contributed by atoms with Crippen LogP contribution < -0.4 is 14.8 Å². The van der Waals surface area contributed by atoms with Gasteiger partial charge < -0.3 is 24.4 Å². The smallest absolute Gasteiger partial charge is 0.260 e. The maximum atomic E-state index is 12.7. The van der Waals surface area contributed by atoms with Crippen molar-refractivity contribution in [3.8, 4) is 11.5 Å². The van der Waals surface area contributed by atoms with Crippen LogP contribution in [-0.2, 0) is 9.53 Å². The minimum atomic E-state index is -0.0891. The van der Waals surface area contributed by atoms with Gasteiger partial charge in [-0.15, -0.1) is 0 Å². The molecule has 1 saturated carbocycles. The Bertz CT molecular complexity index is 680. The van der Waals surface area contributed by atoms with Crippen LogP contribution in [0, 0.1) is 0 Å². The summed E-state index contributed by atoms with van der Waals surface area (Å²) in [4.78, 5) is 26.7. The van der Waals surface area contributed by atoms with Crippen molar-refractivity contribution in [2.24, 2.45) is 0 Å². The molecule has 0 radical (unpaired) electrons. The summed E-state index contributed by atoms with van der Waals surface area (Å²) in [6.45, 7) is 4.54. The predicted molar refractivity (Wildman–Crippen MR) is 109 cm³/mol. The summed E-state index contributed by atoms with van der Waals surface area (Å²) in [5.41, 5.74) is 0.546. The molecule has 0 unspecified atom stereocenters. The van der Waals surface area contributed by atoms with Gasteiger partial charge in [0.05, 0.1) is 19.8 Å². The average molecular weight is 405 g/mol. The van der Waals surface area contributed by atoms with Crippen LogP contribution in [0.3, 0.4) is 0 Å². The number of hydrogen-bond acceptors (Lipinski definition) is 5. The highest BCUT2D eigenvalue weighted by Gasteiger charge is 2.20. The fraction of sp³-hybridized carbons (Fsp3) is 0.636. The number of nitrogens with one attached hydrogen (secondary N) is 1. The van der Waals surface area contributed by atoms with Crippen LogP contribution in [0.4, 0.5) is 0 Å². The third kappa shape index (κ3) is 6.35. The number of ether oxygens (including phenoxy) is 3. The van der Waals surface area contributed by atoms with E-state index in [4.69, 9.17) is 14.2 Å². The Morgan fingerprint density at radius 1 is 1.07 bits per heavy atom. The molecule has 1 aromatic carbocycles. The van der Waals surface area contributed by atoms with Crippen molar-refractivity contribution < 1.29 is 23.8 Å². The lowest BCUT2D eigenvalue weighted by molar-refractivity contribution is -0.137. The highest BCUT2D eigenvalue weighted by molar-refractivity contribution is 5.95. The molecule has 7 heteroatoms. The summed E-state index contributed by atoms with van der Waals surface area (Å²) >= 11 is 0. The Morgan fingerprint density at radius 3 is 2.48 bits per heavy atom. The second kappa shape index (κ2) is 11.0. The molecule has 1 heterocycles. The van der Waals surface area contributed by atoms with Gasteiger partial charge in [-0.1, -0.05) is 25.7 Å². The third-order valence-corrected chi connectivity index (χ3v) is 5.41. The zero-order chi connectivity index (χ0) is 20.5. The van der Waals surface area contributed by atoms with E-state index in [2.05, 4.69) is 5.32 Å². The monoisotopic (exact) mass is 404 g/mol. The normalized spacial score (nSPS) is 18.0. The first kappa shape index (κ1) is 21.4. The summed E-state index contributed by atoms with van der Waals surface area (Å²) in [5, 5.41) is 3.15. The van der Waals surface area contributed by atoms with Crippen LogP contribution in [0.2, 0.25) is 0 Å². The standard InChI is InChI=1S/C22H32N2O5/c1-2-28-20-15-17(22(26)23-18-7-5-3-4-6-8-18)9-10-19(20)29-16-21(25)24-11-13-27-14-12-24/h9-10,15,18H,2-8,11-14,16H2,1H3,(H,23,26). The molecule has 1 aliphatic heterocycles. The van der Waals surface area contributed by atoms with E-state index in [0.29, 0.717) is 50.0 Å². The minimum Gasteiger partial charge on any atom is -0.490 e. The second-order valence-corrected chi connectivity index (χ2v) is 7.54. The van der Waals surface area contributed by atoms with Crippen molar-refractivity contribution in [2.75, 3.05) is 39.5 Å². The van der Waals surface area contributed by atoms with E-state index in [9.17, 15) is 9.59 Å². The van der Waals surface area contributed by atoms with E-state index < -0.39 is 0 Å². The molecule has 0 spiro atoms. The lowest BCUT2D eigenvalue weighted by Crippen LogP contribution is -2.43. The largest absolute Gasteiger partial charge is 0.490 e. The zero-order valence-corrected chi connectivity index (χ0v) is 17.3. The minimum absolute atomic E-state index is 0.0618. The van der Waals surface area contributed by atoms with E-state index in [1.807, 2.05) is 6.92 Å². The van der Waals surface area contributed by atoms with E-state index in [-0.39, 0.29) is 24.5 Å². The number of benzene rings is 1. The maximum Gasteiger partial charge on any atom is 0.260 e. The summed E-state index contributed by atoms with van der Waals surface area (Å²) < 4.78 is 16.7. The van der Waals surface area contributed by atoms with Crippen LogP contribution in [-0.4, -0.2) is 62.3 Å². The summed E-state index contributed by atoms with van der Waals surface area (Å²) in [6, 6.07) is 5.37. The van der Waals surface area contributed by atoms with Gasteiger partial charge in [0.15, 0.2) is 18.1 Å². The van der Waals surface area contributed by atoms with Gasteiger partial charge in [-0.25, -0.2) is 0 Å². The van der Waals surface area contributed by atoms with Gasteiger partial charge in [0.1, 0.15) is 0 Å². The first-order valence-corrected chi connectivity index (χ1v) is 10.7. The van der Waals surface area contributed by atoms with Crippen molar-refractivity contribution in [3.63, 3.8) is 0 Å². The molecule has 1 N–H and O–H groups in total. The molecule has 1 saturated heterocycles. The van der Waals surface area contributed by atoms with E-state index in [0.717, 1.165) is 12.8 Å². The lowest BCUT2D eigenvalue weighted by atomic mass is 10.1. The number of morpholine rings is 1. The SMILES string of the molecule is CCOc1cc(C(=O)NC2CCCCCC2)ccc1OCC(=O)N1CCOCC1. The zero-order valence-electron chi connectivity index (χ0n) is 17.3. The Hall–Kier alpha value is -2.28. The molecule has 7 nitrogen and oxygen atoms in total. The van der Waals surface area contributed by atoms with Crippen LogP contribution in [0.25, 0.3) is 0 Å². The van der Waals surface area contributed by atoms with E-state index >= 15 is 0 Å². The lowest BCUT2D eigenvalue weighted by Gasteiger charge is -2.26. The van der Waals surface area contributed by atoms with Gasteiger partial charge in [0, 0.05) is 24.7 Å². The molecule has 160 valence electrons. The first-order valence-electron chi connectivity index (χ1n) is 10.7. The highest BCUT2D eigenvalue weighted by Crippen LogP contribution is 2.29. The third-order valence-electron chi connectivity index (χ3n) is 5.41. The van der Waals surface area contributed by atoms with Crippen molar-refractivity contribution >= 4 is 11.8 Å². The quantitative estimate of drug-likeness (QED) is 0.707. The van der Waals surface area contributed by atoms with Gasteiger partial charge in [0.2, 0.25) is 0 Å². The fourth-order valence-electron chi connectivity index (χ4n) is 3.77. The summed E-state index contributed by atoms with van der Waals surface area (Å²) in [5.74, 6) is 0.787. The van der Waals surface area contributed by atoms with Crippen molar-refractivity contribution in [2.45, 2.75) is 51.5 Å². The summed E-state index contributed by atoms with van der Waals surface area (Å²) in [6.07, 6.45) is 6.90. The molecular formula is C22H32N2O5. The number of amides is 2. The Morgan fingerprint density at radius 2 is 1.79 bits per heavy atom. The van der Waals surface area contributed by atoms with Crippen LogP contribution in [0.1, 0.15) is 55.8 Å². The highest BCUT2D eigenvalue weighted by atomic mass is 16.5. The molecule has 0 aromatic heterocycles. The molecule has 2 fully saturated rings. The second-order valence-electron chi connectivity index (χ2n) is 7.54. The van der Waals surface area contributed by atoms with Crippen LogP contribution in [0.5, 0.6) is 11.5 Å². The van der Waals surface area contributed by atoms with Gasteiger partial charge in [-0.3, -0.25) is 9.59 Å². The van der Waals surface area contributed by atoms with Crippen molar-refractivity contribution in [1.29, 1.82) is 0 Å². The van der Waals surface area contributed by atoms with Crippen molar-refractivity contribution in [1.82, 2.24) is 10.2 Å². The van der Waals surface area contributed by atoms with Gasteiger partial charge in [-0.05, 0) is 38.0 Å². The number of carbonyl (C=O) groups is 2. The topological polar surface area (TPSA) is 77.1 Å². The number of hydrogen-bond donors (Lipinski definition) is 1. The maximum absolute atomic E-state index is 12.7. The Balaban J connectivity index is 1.61. The molecular weight excluding hydrogens is 372 g/mol. The van der Waals surface area contributed by atoms with E-state index in [1.54, 1.807) is 23.1 Å². The molecule has 0 bridgehead atoms. The predicted octanol–water partition coefficient (Wildman–Crippen LogP) is 2.78. The van der Waals surface area contributed by atoms with Gasteiger partial charge in [-0.2, -0.15) is 0 Å². The molecule has 1 aliphatic carbocycles. The summed E-state index contributed by atoms with van der Waals surface area (Å²) in [7, 11) is 0. The fourth-order valence-corrected chi connectivity index (χ4v) is 3.77. The molecule has 2 aliphatic rings. The molecule has 0 atom stereocenters. The van der Waals surface area contributed by atoms with Crippen LogP contribution >= 0.6 is 0 Å².